The second-order valence-corrected chi connectivity index (χ2v) is 4.84. The van der Waals surface area contributed by atoms with Crippen molar-refractivity contribution in [2.24, 2.45) is 7.05 Å². The minimum absolute atomic E-state index is 0.117. The fourth-order valence-electron chi connectivity index (χ4n) is 2.64. The molecule has 0 N–H and O–H groups in total. The zero-order chi connectivity index (χ0) is 14.3. The van der Waals surface area contributed by atoms with Crippen LogP contribution in [-0.2, 0) is 7.05 Å². The Kier molecular flexibility index (Phi) is 2.79. The van der Waals surface area contributed by atoms with E-state index in [9.17, 15) is 10.1 Å². The number of nitrogens with zero attached hydrogens (tertiary/aromatic N) is 2. The summed E-state index contributed by atoms with van der Waals surface area (Å²) in [7, 11) is 2.03. The highest BCUT2D eigenvalue weighted by atomic mass is 16.6. The van der Waals surface area contributed by atoms with E-state index in [1.165, 1.54) is 10.9 Å². The van der Waals surface area contributed by atoms with E-state index in [-0.39, 0.29) is 10.6 Å². The van der Waals surface area contributed by atoms with Crippen LogP contribution in [0.2, 0.25) is 0 Å². The monoisotopic (exact) mass is 266 g/mol. The number of para-hydroxylation sites is 1. The number of rotatable bonds is 2. The minimum atomic E-state index is -0.375. The van der Waals surface area contributed by atoms with Crippen LogP contribution >= 0.6 is 0 Å². The van der Waals surface area contributed by atoms with Crippen molar-refractivity contribution in [3.63, 3.8) is 0 Å². The van der Waals surface area contributed by atoms with Gasteiger partial charge in [-0.2, -0.15) is 0 Å². The third-order valence-corrected chi connectivity index (χ3v) is 3.77. The molecule has 3 aromatic rings. The van der Waals surface area contributed by atoms with Crippen molar-refractivity contribution in [3.05, 3.63) is 64.3 Å². The molecule has 0 aliphatic carbocycles. The first kappa shape index (κ1) is 12.4. The van der Waals surface area contributed by atoms with Gasteiger partial charge in [0.05, 0.1) is 4.92 Å². The number of hydrogen-bond acceptors (Lipinski definition) is 2. The molecule has 2 aromatic carbocycles. The predicted octanol–water partition coefficient (Wildman–Crippen LogP) is 4.06. The van der Waals surface area contributed by atoms with Crippen LogP contribution in [0.3, 0.4) is 0 Å². The third kappa shape index (κ3) is 1.77. The normalized spacial score (nSPS) is 10.9. The van der Waals surface area contributed by atoms with Crippen LogP contribution in [0.5, 0.6) is 0 Å². The summed E-state index contributed by atoms with van der Waals surface area (Å²) in [4.78, 5) is 10.4. The lowest BCUT2D eigenvalue weighted by Crippen LogP contribution is -1.91. The lowest BCUT2D eigenvalue weighted by atomic mass is 10.0. The fraction of sp³-hybridized carbons (Fsp3) is 0.125. The van der Waals surface area contributed by atoms with Crippen LogP contribution in [0.15, 0.2) is 48.5 Å². The summed E-state index contributed by atoms with van der Waals surface area (Å²) < 4.78 is 2.14. The van der Waals surface area contributed by atoms with Crippen LogP contribution in [0.4, 0.5) is 5.69 Å². The first-order valence-electron chi connectivity index (χ1n) is 6.38. The van der Waals surface area contributed by atoms with Gasteiger partial charge in [0.2, 0.25) is 0 Å². The maximum absolute atomic E-state index is 10.7. The second kappa shape index (κ2) is 4.49. The molecule has 0 aliphatic rings. The third-order valence-electron chi connectivity index (χ3n) is 3.77. The Morgan fingerprint density at radius 3 is 2.35 bits per heavy atom. The number of benzene rings is 2. The van der Waals surface area contributed by atoms with E-state index in [1.807, 2.05) is 31.3 Å². The molecular weight excluding hydrogens is 252 g/mol. The number of non-ortho nitro benzene ring substituents is 1. The van der Waals surface area contributed by atoms with Gasteiger partial charge in [-0.3, -0.25) is 10.1 Å². The standard InChI is InChI=1S/C16H14N2O2/c1-11-16(12-7-9-13(10-8-12)18(19)20)14-5-3-4-6-15(14)17(11)2/h3-10H,1-2H3. The Bertz CT molecular complexity index is 801. The number of aryl methyl sites for hydroxylation is 1. The molecule has 3 rings (SSSR count). The van der Waals surface area contributed by atoms with Crippen molar-refractivity contribution >= 4 is 16.6 Å². The molecule has 0 fully saturated rings. The minimum Gasteiger partial charge on any atom is -0.347 e. The largest absolute Gasteiger partial charge is 0.347 e. The van der Waals surface area contributed by atoms with Crippen molar-refractivity contribution in [3.8, 4) is 11.1 Å². The summed E-state index contributed by atoms with van der Waals surface area (Å²) >= 11 is 0. The van der Waals surface area contributed by atoms with E-state index in [0.29, 0.717) is 0 Å². The highest BCUT2D eigenvalue weighted by Gasteiger charge is 2.14. The molecular formula is C16H14N2O2. The van der Waals surface area contributed by atoms with Gasteiger partial charge in [0.15, 0.2) is 0 Å². The Balaban J connectivity index is 2.24. The number of aromatic nitrogens is 1. The van der Waals surface area contributed by atoms with Gasteiger partial charge in [0, 0.05) is 41.3 Å². The number of nitro groups is 1. The van der Waals surface area contributed by atoms with Crippen molar-refractivity contribution in [1.29, 1.82) is 0 Å². The Labute approximate surface area is 116 Å². The average molecular weight is 266 g/mol. The molecule has 4 heteroatoms. The van der Waals surface area contributed by atoms with E-state index in [1.54, 1.807) is 12.1 Å². The first-order valence-corrected chi connectivity index (χ1v) is 6.38. The Morgan fingerprint density at radius 2 is 1.70 bits per heavy atom. The van der Waals surface area contributed by atoms with E-state index >= 15 is 0 Å². The number of fused-ring (bicyclic) bond motifs is 1. The molecule has 1 heterocycles. The smallest absolute Gasteiger partial charge is 0.269 e. The van der Waals surface area contributed by atoms with E-state index in [0.717, 1.165) is 16.8 Å². The summed E-state index contributed by atoms with van der Waals surface area (Å²) in [5.74, 6) is 0. The predicted molar refractivity (Wildman–Crippen MR) is 79.7 cm³/mol. The summed E-state index contributed by atoms with van der Waals surface area (Å²) in [6.45, 7) is 2.07. The molecule has 4 nitrogen and oxygen atoms in total. The molecule has 0 spiro atoms. The number of nitro benzene ring substituents is 1. The molecule has 0 saturated heterocycles. The van der Waals surface area contributed by atoms with Crippen LogP contribution in [0, 0.1) is 17.0 Å². The lowest BCUT2D eigenvalue weighted by molar-refractivity contribution is -0.384. The van der Waals surface area contributed by atoms with Crippen LogP contribution in [0.1, 0.15) is 5.69 Å². The fourth-order valence-corrected chi connectivity index (χ4v) is 2.64. The molecule has 0 unspecified atom stereocenters. The number of hydrogen-bond donors (Lipinski definition) is 0. The van der Waals surface area contributed by atoms with Gasteiger partial charge in [0.25, 0.3) is 5.69 Å². The summed E-state index contributed by atoms with van der Waals surface area (Å²) in [6.07, 6.45) is 0. The maximum atomic E-state index is 10.7. The van der Waals surface area contributed by atoms with E-state index in [4.69, 9.17) is 0 Å². The van der Waals surface area contributed by atoms with Crippen LogP contribution in [-0.4, -0.2) is 9.49 Å². The molecule has 0 atom stereocenters. The highest BCUT2D eigenvalue weighted by Crippen LogP contribution is 2.34. The zero-order valence-corrected chi connectivity index (χ0v) is 11.3. The molecule has 1 aromatic heterocycles. The van der Waals surface area contributed by atoms with Crippen LogP contribution < -0.4 is 0 Å². The average Bonchev–Trinajstić information content (AvgIpc) is 2.72. The van der Waals surface area contributed by atoms with Gasteiger partial charge in [-0.25, -0.2) is 0 Å². The van der Waals surface area contributed by atoms with Crippen LogP contribution in [0.25, 0.3) is 22.0 Å². The van der Waals surface area contributed by atoms with Gasteiger partial charge in [0.1, 0.15) is 0 Å². The van der Waals surface area contributed by atoms with Gasteiger partial charge >= 0.3 is 0 Å². The maximum Gasteiger partial charge on any atom is 0.269 e. The molecule has 0 saturated carbocycles. The highest BCUT2D eigenvalue weighted by molar-refractivity contribution is 5.98. The van der Waals surface area contributed by atoms with Gasteiger partial charge in [-0.05, 0) is 30.7 Å². The molecule has 0 amide bonds. The molecule has 0 bridgehead atoms. The molecule has 20 heavy (non-hydrogen) atoms. The van der Waals surface area contributed by atoms with E-state index in [2.05, 4.69) is 23.6 Å². The second-order valence-electron chi connectivity index (χ2n) is 4.84. The van der Waals surface area contributed by atoms with Crippen molar-refractivity contribution < 1.29 is 4.92 Å². The SMILES string of the molecule is Cc1c(-c2ccc([N+](=O)[O-])cc2)c2ccccc2n1C. The summed E-state index contributed by atoms with van der Waals surface area (Å²) in [6, 6.07) is 14.9. The first-order chi connectivity index (χ1) is 9.59. The molecule has 0 aliphatic heterocycles. The molecule has 0 radical (unpaired) electrons. The van der Waals surface area contributed by atoms with Gasteiger partial charge < -0.3 is 4.57 Å². The van der Waals surface area contributed by atoms with Crippen molar-refractivity contribution in [1.82, 2.24) is 4.57 Å². The molecule has 100 valence electrons. The van der Waals surface area contributed by atoms with Gasteiger partial charge in [-0.1, -0.05) is 18.2 Å². The topological polar surface area (TPSA) is 48.1 Å². The quantitative estimate of drug-likeness (QED) is 0.518. The van der Waals surface area contributed by atoms with E-state index < -0.39 is 0 Å². The summed E-state index contributed by atoms with van der Waals surface area (Å²) in [5.41, 5.74) is 4.58. The lowest BCUT2D eigenvalue weighted by Gasteiger charge is -2.03. The van der Waals surface area contributed by atoms with Gasteiger partial charge in [-0.15, -0.1) is 0 Å². The Hall–Kier alpha value is -2.62. The zero-order valence-electron chi connectivity index (χ0n) is 11.3. The summed E-state index contributed by atoms with van der Waals surface area (Å²) in [5, 5.41) is 11.9. The van der Waals surface area contributed by atoms with Crippen molar-refractivity contribution in [2.75, 3.05) is 0 Å². The Morgan fingerprint density at radius 1 is 1.05 bits per heavy atom. The van der Waals surface area contributed by atoms with Crippen molar-refractivity contribution in [2.45, 2.75) is 6.92 Å².